The molecule has 0 aliphatic heterocycles. The highest BCUT2D eigenvalue weighted by molar-refractivity contribution is 6.31. The van der Waals surface area contributed by atoms with Crippen molar-refractivity contribution < 1.29 is 13.6 Å². The first kappa shape index (κ1) is 14.3. The summed E-state index contributed by atoms with van der Waals surface area (Å²) in [4.78, 5) is 15.8. The largest absolute Gasteiger partial charge is 0.438 e. The summed E-state index contributed by atoms with van der Waals surface area (Å²) in [5.74, 6) is -1.05. The topological polar surface area (TPSA) is 68.6 Å². The predicted molar refractivity (Wildman–Crippen MR) is 81.4 cm³/mol. The number of benzene rings is 2. The van der Waals surface area contributed by atoms with Gasteiger partial charge in [0.1, 0.15) is 17.0 Å². The van der Waals surface area contributed by atoms with E-state index in [1.807, 2.05) is 0 Å². The highest BCUT2D eigenvalue weighted by atomic mass is 35.5. The van der Waals surface area contributed by atoms with Crippen LogP contribution in [0.5, 0.6) is 0 Å². The smallest absolute Gasteiger partial charge is 0.254 e. The van der Waals surface area contributed by atoms with E-state index in [0.717, 1.165) is 0 Å². The molecule has 0 unspecified atom stereocenters. The highest BCUT2D eigenvalue weighted by Gasteiger charge is 2.09. The lowest BCUT2D eigenvalue weighted by Crippen LogP contribution is -2.21. The number of hydrogen-bond acceptors (Lipinski definition) is 3. The van der Waals surface area contributed by atoms with Crippen LogP contribution >= 0.6 is 11.6 Å². The van der Waals surface area contributed by atoms with Gasteiger partial charge in [0.05, 0.1) is 5.69 Å². The van der Waals surface area contributed by atoms with Gasteiger partial charge in [-0.1, -0.05) is 11.6 Å². The summed E-state index contributed by atoms with van der Waals surface area (Å²) in [6.07, 6.45) is 0. The highest BCUT2D eigenvalue weighted by Crippen LogP contribution is 2.19. The van der Waals surface area contributed by atoms with Gasteiger partial charge in [0.15, 0.2) is 0 Å². The van der Waals surface area contributed by atoms with Gasteiger partial charge in [-0.05, 0) is 48.5 Å². The number of rotatable bonds is 2. The first-order valence-corrected chi connectivity index (χ1v) is 6.74. The van der Waals surface area contributed by atoms with E-state index in [2.05, 4.69) is 4.99 Å². The summed E-state index contributed by atoms with van der Waals surface area (Å²) in [7, 11) is 0. The lowest BCUT2D eigenvalue weighted by Gasteiger charge is -2.02. The summed E-state index contributed by atoms with van der Waals surface area (Å²) in [6, 6.07) is 12.0. The van der Waals surface area contributed by atoms with Crippen LogP contribution in [-0.2, 0) is 0 Å². The molecule has 1 heterocycles. The molecule has 0 bridgehead atoms. The molecule has 2 N–H and O–H groups in total. The van der Waals surface area contributed by atoms with E-state index in [0.29, 0.717) is 21.7 Å². The van der Waals surface area contributed by atoms with E-state index in [1.54, 1.807) is 24.3 Å². The zero-order valence-electron chi connectivity index (χ0n) is 11.2. The van der Waals surface area contributed by atoms with Crippen molar-refractivity contribution in [3.63, 3.8) is 0 Å². The van der Waals surface area contributed by atoms with Crippen molar-refractivity contribution in [1.82, 2.24) is 0 Å². The number of carbonyl (C=O) groups excluding carboxylic acids is 1. The van der Waals surface area contributed by atoms with Crippen LogP contribution in [0.3, 0.4) is 0 Å². The fourth-order valence-corrected chi connectivity index (χ4v) is 2.17. The Morgan fingerprint density at radius 1 is 1.14 bits per heavy atom. The summed E-state index contributed by atoms with van der Waals surface area (Å²) in [5.41, 5.74) is 6.51. The molecular weight excluding hydrogens is 307 g/mol. The van der Waals surface area contributed by atoms with Gasteiger partial charge in [0, 0.05) is 10.4 Å². The molecule has 6 heteroatoms. The number of primary amides is 1. The number of nitrogens with two attached hydrogens (primary N) is 1. The van der Waals surface area contributed by atoms with Gasteiger partial charge in [-0.3, -0.25) is 4.79 Å². The van der Waals surface area contributed by atoms with Crippen LogP contribution in [0.2, 0.25) is 5.02 Å². The SMILES string of the molecule is NC(=O)c1cc2cc(Cl)ccc2oc1=Nc1ccc(F)cc1. The van der Waals surface area contributed by atoms with Crippen LogP contribution < -0.4 is 11.3 Å². The molecule has 22 heavy (non-hydrogen) atoms. The maximum atomic E-state index is 12.9. The van der Waals surface area contributed by atoms with Crippen molar-refractivity contribution in [1.29, 1.82) is 0 Å². The Kier molecular flexibility index (Phi) is 3.65. The van der Waals surface area contributed by atoms with Gasteiger partial charge in [-0.25, -0.2) is 9.38 Å². The van der Waals surface area contributed by atoms with Crippen molar-refractivity contribution in [3.05, 3.63) is 70.5 Å². The summed E-state index contributed by atoms with van der Waals surface area (Å²) in [6.45, 7) is 0. The Balaban J connectivity index is 2.27. The van der Waals surface area contributed by atoms with Gasteiger partial charge in [-0.2, -0.15) is 0 Å². The quantitative estimate of drug-likeness (QED) is 0.785. The van der Waals surface area contributed by atoms with Crippen molar-refractivity contribution in [2.45, 2.75) is 0 Å². The van der Waals surface area contributed by atoms with Crippen molar-refractivity contribution in [3.8, 4) is 0 Å². The minimum Gasteiger partial charge on any atom is -0.438 e. The molecule has 0 radical (unpaired) electrons. The van der Waals surface area contributed by atoms with Crippen LogP contribution in [0, 0.1) is 5.82 Å². The Morgan fingerprint density at radius 3 is 2.55 bits per heavy atom. The molecule has 3 aromatic rings. The molecule has 1 amide bonds. The lowest BCUT2D eigenvalue weighted by molar-refractivity contribution is 0.0996. The Hall–Kier alpha value is -2.66. The third-order valence-corrected chi connectivity index (χ3v) is 3.27. The molecule has 0 saturated carbocycles. The van der Waals surface area contributed by atoms with E-state index >= 15 is 0 Å². The van der Waals surface area contributed by atoms with Gasteiger partial charge in [-0.15, -0.1) is 0 Å². The van der Waals surface area contributed by atoms with Gasteiger partial charge in [0.2, 0.25) is 5.55 Å². The second kappa shape index (κ2) is 5.61. The Bertz CT molecular complexity index is 933. The van der Waals surface area contributed by atoms with Gasteiger partial charge in [0.25, 0.3) is 5.91 Å². The fraction of sp³-hybridized carbons (Fsp3) is 0. The monoisotopic (exact) mass is 316 g/mol. The molecular formula is C16H10ClFN2O2. The average molecular weight is 317 g/mol. The Morgan fingerprint density at radius 2 is 1.86 bits per heavy atom. The third kappa shape index (κ3) is 2.84. The zero-order valence-corrected chi connectivity index (χ0v) is 12.0. The molecule has 0 saturated heterocycles. The normalized spacial score (nSPS) is 11.8. The van der Waals surface area contributed by atoms with Crippen LogP contribution in [0.4, 0.5) is 10.1 Å². The number of nitrogens with zero attached hydrogens (tertiary/aromatic N) is 1. The van der Waals surface area contributed by atoms with Crippen molar-refractivity contribution in [2.24, 2.45) is 10.7 Å². The third-order valence-electron chi connectivity index (χ3n) is 3.03. The maximum Gasteiger partial charge on any atom is 0.254 e. The van der Waals surface area contributed by atoms with Crippen LogP contribution in [-0.4, -0.2) is 5.91 Å². The number of hydrogen-bond donors (Lipinski definition) is 1. The predicted octanol–water partition coefficient (Wildman–Crippen LogP) is 3.56. The molecule has 0 spiro atoms. The van der Waals surface area contributed by atoms with Gasteiger partial charge < -0.3 is 10.2 Å². The average Bonchev–Trinajstić information content (AvgIpc) is 2.49. The number of amides is 1. The maximum absolute atomic E-state index is 12.9. The minimum atomic E-state index is -0.675. The molecule has 1 aromatic heterocycles. The van der Waals surface area contributed by atoms with E-state index in [1.165, 1.54) is 24.3 Å². The second-order valence-corrected chi connectivity index (χ2v) is 5.04. The van der Waals surface area contributed by atoms with Crippen molar-refractivity contribution in [2.75, 3.05) is 0 Å². The molecule has 0 fully saturated rings. The molecule has 0 aliphatic carbocycles. The summed E-state index contributed by atoms with van der Waals surface area (Å²) >= 11 is 5.92. The molecule has 0 atom stereocenters. The summed E-state index contributed by atoms with van der Waals surface area (Å²) in [5, 5.41) is 1.15. The first-order valence-electron chi connectivity index (χ1n) is 6.36. The van der Waals surface area contributed by atoms with Crippen LogP contribution in [0.1, 0.15) is 10.4 Å². The Labute approximate surface area is 129 Å². The second-order valence-electron chi connectivity index (χ2n) is 4.60. The number of halogens is 2. The summed E-state index contributed by atoms with van der Waals surface area (Å²) < 4.78 is 18.6. The van der Waals surface area contributed by atoms with Crippen LogP contribution in [0.15, 0.2) is 57.9 Å². The minimum absolute atomic E-state index is 0.0638. The zero-order chi connectivity index (χ0) is 15.7. The van der Waals surface area contributed by atoms with E-state index in [-0.39, 0.29) is 16.9 Å². The van der Waals surface area contributed by atoms with Gasteiger partial charge >= 0.3 is 0 Å². The first-order chi connectivity index (χ1) is 10.5. The van der Waals surface area contributed by atoms with E-state index in [9.17, 15) is 9.18 Å². The fourth-order valence-electron chi connectivity index (χ4n) is 1.99. The molecule has 3 rings (SSSR count). The molecule has 4 nitrogen and oxygen atoms in total. The molecule has 0 aliphatic rings. The molecule has 110 valence electrons. The lowest BCUT2D eigenvalue weighted by atomic mass is 10.2. The van der Waals surface area contributed by atoms with E-state index in [4.69, 9.17) is 21.8 Å². The van der Waals surface area contributed by atoms with Crippen LogP contribution in [0.25, 0.3) is 11.0 Å². The van der Waals surface area contributed by atoms with Crippen molar-refractivity contribution >= 4 is 34.2 Å². The molecule has 2 aromatic carbocycles. The number of fused-ring (bicyclic) bond motifs is 1. The standard InChI is InChI=1S/C16H10ClFN2O2/c17-10-1-6-14-9(7-10)8-13(15(19)21)16(22-14)20-12-4-2-11(18)3-5-12/h1-8H,(H2,19,21). The van der Waals surface area contributed by atoms with E-state index < -0.39 is 5.91 Å². The number of carbonyl (C=O) groups is 1.